The fraction of sp³-hybridized carbons (Fsp3) is 0.474. The van der Waals surface area contributed by atoms with E-state index in [1.165, 1.54) is 4.90 Å². The second-order valence-corrected chi connectivity index (χ2v) is 8.88. The maximum absolute atomic E-state index is 12.6. The Bertz CT molecular complexity index is 1030. The molecule has 2 atom stereocenters. The first-order valence-corrected chi connectivity index (χ1v) is 10.2. The Balaban J connectivity index is 1.33. The van der Waals surface area contributed by atoms with E-state index >= 15 is 0 Å². The number of carbonyl (C=O) groups is 3. The van der Waals surface area contributed by atoms with E-state index in [0.717, 1.165) is 21.1 Å². The van der Waals surface area contributed by atoms with Crippen LogP contribution in [0, 0.1) is 5.41 Å². The molecular formula is C19H20N4O5S. The number of carbonyl (C=O) groups excluding carboxylic acids is 3. The first-order chi connectivity index (χ1) is 13.9. The zero-order valence-electron chi connectivity index (χ0n) is 15.8. The number of hydrogen-bond donors (Lipinski definition) is 2. The Morgan fingerprint density at radius 3 is 2.83 bits per heavy atom. The maximum atomic E-state index is 12.6. The van der Waals surface area contributed by atoms with Crippen molar-refractivity contribution in [3.05, 3.63) is 18.2 Å². The van der Waals surface area contributed by atoms with Gasteiger partial charge in [-0.3, -0.25) is 19.7 Å². The van der Waals surface area contributed by atoms with Crippen LogP contribution in [0.25, 0.3) is 10.2 Å². The van der Waals surface area contributed by atoms with Crippen LogP contribution in [-0.4, -0.2) is 65.2 Å². The van der Waals surface area contributed by atoms with Gasteiger partial charge in [0.15, 0.2) is 5.13 Å². The molecule has 0 saturated carbocycles. The lowest BCUT2D eigenvalue weighted by Gasteiger charge is -2.50. The molecule has 3 aliphatic heterocycles. The summed E-state index contributed by atoms with van der Waals surface area (Å²) in [6, 6.07) is 4.94. The Morgan fingerprint density at radius 1 is 1.31 bits per heavy atom. The molecule has 29 heavy (non-hydrogen) atoms. The SMILES string of the molecule is COc1ccc2sc(N3CC4(CC(=O)N(C5CCC(=O)NC5=O)C4O)C3)nc2c1. The van der Waals surface area contributed by atoms with Crippen molar-refractivity contribution in [2.45, 2.75) is 31.5 Å². The van der Waals surface area contributed by atoms with Gasteiger partial charge in [-0.2, -0.15) is 0 Å². The molecule has 0 aliphatic carbocycles. The Hall–Kier alpha value is -2.72. The largest absolute Gasteiger partial charge is 0.497 e. The molecule has 0 radical (unpaired) electrons. The molecule has 152 valence electrons. The van der Waals surface area contributed by atoms with Gasteiger partial charge in [-0.15, -0.1) is 0 Å². The first-order valence-electron chi connectivity index (χ1n) is 9.43. The van der Waals surface area contributed by atoms with E-state index < -0.39 is 23.6 Å². The number of rotatable bonds is 3. The smallest absolute Gasteiger partial charge is 0.249 e. The molecular weight excluding hydrogens is 396 g/mol. The van der Waals surface area contributed by atoms with E-state index in [4.69, 9.17) is 4.74 Å². The van der Waals surface area contributed by atoms with Crippen LogP contribution in [0.3, 0.4) is 0 Å². The maximum Gasteiger partial charge on any atom is 0.249 e. The lowest BCUT2D eigenvalue weighted by Crippen LogP contribution is -2.64. The number of hydrogen-bond acceptors (Lipinski definition) is 8. The number of benzene rings is 1. The highest BCUT2D eigenvalue weighted by Crippen LogP contribution is 2.48. The van der Waals surface area contributed by atoms with Crippen molar-refractivity contribution in [2.75, 3.05) is 25.1 Å². The van der Waals surface area contributed by atoms with E-state index in [9.17, 15) is 19.5 Å². The number of amides is 3. The number of aliphatic hydroxyl groups excluding tert-OH is 1. The fourth-order valence-electron chi connectivity index (χ4n) is 4.49. The minimum Gasteiger partial charge on any atom is -0.497 e. The number of aliphatic hydroxyl groups is 1. The van der Waals surface area contributed by atoms with E-state index in [0.29, 0.717) is 13.1 Å². The third-order valence-corrected chi connectivity index (χ3v) is 7.11. The van der Waals surface area contributed by atoms with Gasteiger partial charge < -0.3 is 19.6 Å². The minimum atomic E-state index is -1.05. The van der Waals surface area contributed by atoms with Crippen molar-refractivity contribution < 1.29 is 24.2 Å². The predicted molar refractivity (Wildman–Crippen MR) is 104 cm³/mol. The van der Waals surface area contributed by atoms with Gasteiger partial charge in [0.25, 0.3) is 0 Å². The van der Waals surface area contributed by atoms with Crippen LogP contribution >= 0.6 is 11.3 Å². The van der Waals surface area contributed by atoms with Crippen LogP contribution in [-0.2, 0) is 14.4 Å². The van der Waals surface area contributed by atoms with Crippen LogP contribution < -0.4 is 15.0 Å². The van der Waals surface area contributed by atoms with Crippen molar-refractivity contribution in [3.63, 3.8) is 0 Å². The van der Waals surface area contributed by atoms with Crippen molar-refractivity contribution in [1.29, 1.82) is 0 Å². The molecule has 10 heteroatoms. The van der Waals surface area contributed by atoms with Gasteiger partial charge in [-0.1, -0.05) is 11.3 Å². The second-order valence-electron chi connectivity index (χ2n) is 7.87. The summed E-state index contributed by atoms with van der Waals surface area (Å²) in [4.78, 5) is 44.2. The fourth-order valence-corrected chi connectivity index (χ4v) is 5.43. The van der Waals surface area contributed by atoms with Crippen LogP contribution in [0.2, 0.25) is 0 Å². The molecule has 3 fully saturated rings. The molecule has 1 aromatic heterocycles. The van der Waals surface area contributed by atoms with E-state index in [1.54, 1.807) is 18.4 Å². The quantitative estimate of drug-likeness (QED) is 0.700. The molecule has 5 rings (SSSR count). The number of nitrogens with one attached hydrogen (secondary N) is 1. The van der Waals surface area contributed by atoms with Crippen LogP contribution in [0.15, 0.2) is 18.2 Å². The normalized spacial score (nSPS) is 26.2. The highest BCUT2D eigenvalue weighted by atomic mass is 32.1. The number of likely N-dealkylation sites (tertiary alicyclic amines) is 1. The van der Waals surface area contributed by atoms with Gasteiger partial charge >= 0.3 is 0 Å². The molecule has 1 aromatic carbocycles. The van der Waals surface area contributed by atoms with Gasteiger partial charge in [-0.05, 0) is 18.6 Å². The number of imide groups is 1. The second kappa shape index (κ2) is 6.39. The summed E-state index contributed by atoms with van der Waals surface area (Å²) in [5.74, 6) is -0.363. The third-order valence-electron chi connectivity index (χ3n) is 6.01. The minimum absolute atomic E-state index is 0.168. The van der Waals surface area contributed by atoms with Gasteiger partial charge in [0, 0.05) is 32.0 Å². The number of aromatic nitrogens is 1. The summed E-state index contributed by atoms with van der Waals surface area (Å²) < 4.78 is 6.28. The number of piperidine rings is 1. The number of nitrogens with zero attached hydrogens (tertiary/aromatic N) is 3. The Labute approximate surface area is 170 Å². The monoisotopic (exact) mass is 416 g/mol. The summed E-state index contributed by atoms with van der Waals surface area (Å²) in [7, 11) is 1.61. The van der Waals surface area contributed by atoms with Crippen LogP contribution in [0.1, 0.15) is 19.3 Å². The van der Waals surface area contributed by atoms with Crippen LogP contribution in [0.4, 0.5) is 5.13 Å². The summed E-state index contributed by atoms with van der Waals surface area (Å²) >= 11 is 1.55. The third kappa shape index (κ3) is 2.77. The number of methoxy groups -OCH3 is 1. The highest BCUT2D eigenvalue weighted by Gasteiger charge is 2.60. The summed E-state index contributed by atoms with van der Waals surface area (Å²) in [5, 5.41) is 14.0. The van der Waals surface area contributed by atoms with Gasteiger partial charge in [-0.25, -0.2) is 4.98 Å². The number of thiazole rings is 1. The van der Waals surface area contributed by atoms with Gasteiger partial charge in [0.1, 0.15) is 18.0 Å². The number of fused-ring (bicyclic) bond motifs is 1. The molecule has 1 spiro atoms. The summed E-state index contributed by atoms with van der Waals surface area (Å²) in [5.41, 5.74) is 0.229. The van der Waals surface area contributed by atoms with Crippen molar-refractivity contribution in [1.82, 2.24) is 15.2 Å². The summed E-state index contributed by atoms with van der Waals surface area (Å²) in [6.07, 6.45) is -0.459. The lowest BCUT2D eigenvalue weighted by atomic mass is 9.77. The molecule has 3 saturated heterocycles. The van der Waals surface area contributed by atoms with Gasteiger partial charge in [0.05, 0.1) is 22.7 Å². The molecule has 2 unspecified atom stereocenters. The van der Waals surface area contributed by atoms with E-state index in [-0.39, 0.29) is 31.1 Å². The topological polar surface area (TPSA) is 112 Å². The lowest BCUT2D eigenvalue weighted by molar-refractivity contribution is -0.153. The molecule has 4 heterocycles. The number of ether oxygens (including phenoxy) is 1. The highest BCUT2D eigenvalue weighted by molar-refractivity contribution is 7.22. The van der Waals surface area contributed by atoms with Crippen molar-refractivity contribution in [3.8, 4) is 5.75 Å². The molecule has 2 aromatic rings. The molecule has 3 aliphatic rings. The first kappa shape index (κ1) is 18.3. The molecule has 3 amide bonds. The zero-order chi connectivity index (χ0) is 20.3. The average Bonchev–Trinajstić information content (AvgIpc) is 3.19. The van der Waals surface area contributed by atoms with Crippen molar-refractivity contribution in [2.24, 2.45) is 5.41 Å². The standard InChI is InChI=1S/C19H20N4O5S/c1-28-10-2-4-13-11(6-10)20-18(29-13)22-8-19(9-22)7-15(25)23(17(19)27)12-3-5-14(24)21-16(12)26/h2,4,6,12,17,27H,3,5,7-9H2,1H3,(H,21,24,26). The van der Waals surface area contributed by atoms with E-state index in [2.05, 4.69) is 10.3 Å². The summed E-state index contributed by atoms with van der Waals surface area (Å²) in [6.45, 7) is 0.973. The van der Waals surface area contributed by atoms with E-state index in [1.807, 2.05) is 23.1 Å². The molecule has 0 bridgehead atoms. The Kier molecular flexibility index (Phi) is 4.04. The zero-order valence-corrected chi connectivity index (χ0v) is 16.6. The molecule has 2 N–H and O–H groups in total. The van der Waals surface area contributed by atoms with Crippen molar-refractivity contribution >= 4 is 44.4 Å². The van der Waals surface area contributed by atoms with Gasteiger partial charge in [0.2, 0.25) is 17.7 Å². The molecule has 9 nitrogen and oxygen atoms in total. The van der Waals surface area contributed by atoms with Crippen LogP contribution in [0.5, 0.6) is 5.75 Å². The Morgan fingerprint density at radius 2 is 2.10 bits per heavy atom. The average molecular weight is 416 g/mol. The predicted octanol–water partition coefficient (Wildman–Crippen LogP) is 0.467. The number of anilines is 1.